The number of para-hydroxylation sites is 1. The molecule has 1 amide bonds. The summed E-state index contributed by atoms with van der Waals surface area (Å²) in [5.41, 5.74) is 4.62. The third-order valence-electron chi connectivity index (χ3n) is 6.00. The highest BCUT2D eigenvalue weighted by Crippen LogP contribution is 2.37. The lowest BCUT2D eigenvalue weighted by molar-refractivity contribution is -0.121. The number of carbonyl (C=O) groups excluding carboxylic acids is 1. The first kappa shape index (κ1) is 21.1. The summed E-state index contributed by atoms with van der Waals surface area (Å²) in [5, 5.41) is 7.84. The highest BCUT2D eigenvalue weighted by atomic mass is 16.7. The van der Waals surface area contributed by atoms with Crippen molar-refractivity contribution in [3.05, 3.63) is 84.1 Å². The SMILES string of the molecule is O=C(CCc1cn(-c2ccccc2)nc1-c1ccc2c(c1)OCO2)NCc1ccc2c(c1)OCO2. The number of aryl methyl sites for hydroxylation is 1. The van der Waals surface area contributed by atoms with Crippen molar-refractivity contribution in [3.8, 4) is 39.9 Å². The molecule has 2 aliphatic heterocycles. The number of rotatable bonds is 7. The monoisotopic (exact) mass is 469 g/mol. The molecule has 0 aliphatic carbocycles. The second kappa shape index (κ2) is 9.06. The van der Waals surface area contributed by atoms with Crippen molar-refractivity contribution in [2.75, 3.05) is 13.6 Å². The van der Waals surface area contributed by atoms with Crippen LogP contribution in [-0.2, 0) is 17.8 Å². The molecule has 0 saturated carbocycles. The molecule has 0 radical (unpaired) electrons. The van der Waals surface area contributed by atoms with Gasteiger partial charge in [0.2, 0.25) is 19.5 Å². The van der Waals surface area contributed by atoms with E-state index in [1.54, 1.807) is 0 Å². The van der Waals surface area contributed by atoms with Crippen molar-refractivity contribution in [2.45, 2.75) is 19.4 Å². The van der Waals surface area contributed by atoms with Crippen molar-refractivity contribution in [2.24, 2.45) is 0 Å². The van der Waals surface area contributed by atoms with Crippen molar-refractivity contribution in [1.29, 1.82) is 0 Å². The van der Waals surface area contributed by atoms with Crippen LogP contribution in [0.15, 0.2) is 72.9 Å². The van der Waals surface area contributed by atoms with E-state index < -0.39 is 0 Å². The van der Waals surface area contributed by atoms with Crippen LogP contribution < -0.4 is 24.3 Å². The Bertz CT molecular complexity index is 1380. The lowest BCUT2D eigenvalue weighted by Crippen LogP contribution is -2.23. The fourth-order valence-electron chi connectivity index (χ4n) is 4.18. The molecule has 1 N–H and O–H groups in total. The van der Waals surface area contributed by atoms with Gasteiger partial charge in [-0.25, -0.2) is 4.68 Å². The third kappa shape index (κ3) is 4.38. The van der Waals surface area contributed by atoms with Crippen molar-refractivity contribution in [3.63, 3.8) is 0 Å². The largest absolute Gasteiger partial charge is 0.454 e. The van der Waals surface area contributed by atoms with Gasteiger partial charge in [-0.3, -0.25) is 4.79 Å². The third-order valence-corrected chi connectivity index (χ3v) is 6.00. The summed E-state index contributed by atoms with van der Waals surface area (Å²) in [6, 6.07) is 21.4. The summed E-state index contributed by atoms with van der Waals surface area (Å²) < 4.78 is 23.6. The first-order chi connectivity index (χ1) is 17.2. The van der Waals surface area contributed by atoms with Crippen LogP contribution in [0.1, 0.15) is 17.5 Å². The fraction of sp³-hybridized carbons (Fsp3) is 0.185. The molecule has 6 rings (SSSR count). The molecule has 0 saturated heterocycles. The number of carbonyl (C=O) groups is 1. The van der Waals surface area contributed by atoms with E-state index in [4.69, 9.17) is 24.0 Å². The van der Waals surface area contributed by atoms with E-state index in [1.807, 2.05) is 77.6 Å². The normalized spacial score (nSPS) is 13.1. The molecule has 0 atom stereocenters. The number of hydrogen-bond acceptors (Lipinski definition) is 6. The number of nitrogens with zero attached hydrogens (tertiary/aromatic N) is 2. The standard InChI is InChI=1S/C27H23N3O5/c31-26(28-14-18-6-9-22-24(12-18)34-16-32-22)11-8-20-15-30(21-4-2-1-3-5-21)29-27(20)19-7-10-23-25(13-19)35-17-33-23/h1-7,9-10,12-13,15H,8,11,14,16-17H2,(H,28,31). The highest BCUT2D eigenvalue weighted by molar-refractivity contribution is 5.77. The Hall–Kier alpha value is -4.46. The summed E-state index contributed by atoms with van der Waals surface area (Å²) in [5.74, 6) is 2.82. The molecule has 1 aromatic heterocycles. The molecule has 4 aromatic rings. The molecule has 3 heterocycles. The first-order valence-electron chi connectivity index (χ1n) is 11.4. The summed E-state index contributed by atoms with van der Waals surface area (Å²) in [6.45, 7) is 0.870. The molecule has 0 fully saturated rings. The minimum Gasteiger partial charge on any atom is -0.454 e. The van der Waals surface area contributed by atoms with Gasteiger partial charge in [0.05, 0.1) is 11.4 Å². The fourth-order valence-corrected chi connectivity index (χ4v) is 4.18. The zero-order chi connectivity index (χ0) is 23.6. The Morgan fingerprint density at radius 2 is 1.57 bits per heavy atom. The molecule has 8 heteroatoms. The van der Waals surface area contributed by atoms with Gasteiger partial charge in [0.25, 0.3) is 0 Å². The van der Waals surface area contributed by atoms with Gasteiger partial charge in [0, 0.05) is 24.7 Å². The number of amides is 1. The van der Waals surface area contributed by atoms with E-state index in [-0.39, 0.29) is 19.5 Å². The van der Waals surface area contributed by atoms with Gasteiger partial charge in [0.15, 0.2) is 23.0 Å². The van der Waals surface area contributed by atoms with Crippen LogP contribution in [0.5, 0.6) is 23.0 Å². The van der Waals surface area contributed by atoms with Gasteiger partial charge in [0.1, 0.15) is 0 Å². The summed E-state index contributed by atoms with van der Waals surface area (Å²) in [7, 11) is 0. The molecular weight excluding hydrogens is 446 g/mol. The zero-order valence-corrected chi connectivity index (χ0v) is 18.9. The number of hydrogen-bond donors (Lipinski definition) is 1. The van der Waals surface area contributed by atoms with Crippen LogP contribution in [0.4, 0.5) is 0 Å². The van der Waals surface area contributed by atoms with Gasteiger partial charge >= 0.3 is 0 Å². The van der Waals surface area contributed by atoms with E-state index in [9.17, 15) is 4.79 Å². The topological polar surface area (TPSA) is 83.8 Å². The van der Waals surface area contributed by atoms with Crippen LogP contribution in [0.25, 0.3) is 16.9 Å². The predicted octanol–water partition coefficient (Wildman–Crippen LogP) is 4.25. The number of nitrogens with one attached hydrogen (secondary N) is 1. The maximum Gasteiger partial charge on any atom is 0.231 e. The lowest BCUT2D eigenvalue weighted by Gasteiger charge is -2.07. The average Bonchev–Trinajstić information content (AvgIpc) is 3.65. The second-order valence-electron chi connectivity index (χ2n) is 8.32. The summed E-state index contributed by atoms with van der Waals surface area (Å²) in [6.07, 6.45) is 2.87. The summed E-state index contributed by atoms with van der Waals surface area (Å²) >= 11 is 0. The Morgan fingerprint density at radius 3 is 2.37 bits per heavy atom. The number of fused-ring (bicyclic) bond motifs is 2. The van der Waals surface area contributed by atoms with Crippen LogP contribution in [-0.4, -0.2) is 29.3 Å². The van der Waals surface area contributed by atoms with E-state index in [2.05, 4.69) is 5.32 Å². The highest BCUT2D eigenvalue weighted by Gasteiger charge is 2.19. The number of ether oxygens (including phenoxy) is 4. The Balaban J connectivity index is 1.19. The van der Waals surface area contributed by atoms with E-state index >= 15 is 0 Å². The molecule has 0 unspecified atom stereocenters. The molecule has 0 bridgehead atoms. The minimum atomic E-state index is -0.0354. The van der Waals surface area contributed by atoms with E-state index in [0.29, 0.717) is 30.9 Å². The minimum absolute atomic E-state index is 0.0354. The molecule has 3 aromatic carbocycles. The molecule has 35 heavy (non-hydrogen) atoms. The van der Waals surface area contributed by atoms with Gasteiger partial charge in [-0.05, 0) is 60.0 Å². The maximum absolute atomic E-state index is 12.7. The number of benzene rings is 3. The van der Waals surface area contributed by atoms with Crippen molar-refractivity contribution < 1.29 is 23.7 Å². The van der Waals surface area contributed by atoms with Gasteiger partial charge in [-0.15, -0.1) is 0 Å². The predicted molar refractivity (Wildman–Crippen MR) is 128 cm³/mol. The van der Waals surface area contributed by atoms with Crippen molar-refractivity contribution >= 4 is 5.91 Å². The van der Waals surface area contributed by atoms with Crippen molar-refractivity contribution in [1.82, 2.24) is 15.1 Å². The van der Waals surface area contributed by atoms with E-state index in [1.165, 1.54) is 0 Å². The van der Waals surface area contributed by atoms with E-state index in [0.717, 1.165) is 39.6 Å². The van der Waals surface area contributed by atoms with Crippen LogP contribution in [0.2, 0.25) is 0 Å². The van der Waals surface area contributed by atoms with Gasteiger partial charge in [-0.1, -0.05) is 24.3 Å². The second-order valence-corrected chi connectivity index (χ2v) is 8.32. The molecule has 0 spiro atoms. The average molecular weight is 469 g/mol. The molecule has 2 aliphatic rings. The Kier molecular flexibility index (Phi) is 5.46. The molecule has 8 nitrogen and oxygen atoms in total. The van der Waals surface area contributed by atoms with Gasteiger partial charge in [-0.2, -0.15) is 5.10 Å². The smallest absolute Gasteiger partial charge is 0.231 e. The Labute approximate surface area is 202 Å². The lowest BCUT2D eigenvalue weighted by atomic mass is 10.0. The van der Waals surface area contributed by atoms with Crippen LogP contribution in [0, 0.1) is 0 Å². The summed E-state index contributed by atoms with van der Waals surface area (Å²) in [4.78, 5) is 12.7. The molecule has 176 valence electrons. The first-order valence-corrected chi connectivity index (χ1v) is 11.4. The number of aromatic nitrogens is 2. The maximum atomic E-state index is 12.7. The zero-order valence-electron chi connectivity index (χ0n) is 18.9. The van der Waals surface area contributed by atoms with Crippen LogP contribution in [0.3, 0.4) is 0 Å². The van der Waals surface area contributed by atoms with Gasteiger partial charge < -0.3 is 24.3 Å². The van der Waals surface area contributed by atoms with Crippen LogP contribution >= 0.6 is 0 Å². The quantitative estimate of drug-likeness (QED) is 0.436. The Morgan fingerprint density at radius 1 is 0.857 bits per heavy atom. The molecular formula is C27H23N3O5.